The lowest BCUT2D eigenvalue weighted by Gasteiger charge is -2.40. The van der Waals surface area contributed by atoms with Crippen molar-refractivity contribution in [1.29, 1.82) is 0 Å². The molecule has 110 valence electrons. The van der Waals surface area contributed by atoms with E-state index in [-0.39, 0.29) is 23.7 Å². The molecule has 1 aliphatic rings. The number of anilines is 1. The van der Waals surface area contributed by atoms with Gasteiger partial charge < -0.3 is 15.7 Å². The van der Waals surface area contributed by atoms with Gasteiger partial charge in [0.25, 0.3) is 0 Å². The van der Waals surface area contributed by atoms with Crippen LogP contribution in [0.2, 0.25) is 0 Å². The maximum atomic E-state index is 13.4. The smallest absolute Gasteiger partial charge is 0.222 e. The molecule has 0 saturated carbocycles. The number of nitrogens with zero attached hydrogens (tertiary/aromatic N) is 1. The van der Waals surface area contributed by atoms with E-state index in [1.807, 2.05) is 4.90 Å². The zero-order valence-corrected chi connectivity index (χ0v) is 11.8. The number of piperidine rings is 1. The minimum absolute atomic E-state index is 0.196. The molecule has 0 bridgehead atoms. The molecule has 5 heteroatoms. The van der Waals surface area contributed by atoms with Gasteiger partial charge >= 0.3 is 0 Å². The fraction of sp³-hybridized carbons (Fsp3) is 0.533. The van der Waals surface area contributed by atoms with Crippen molar-refractivity contribution in [2.24, 2.45) is 11.7 Å². The van der Waals surface area contributed by atoms with Crippen LogP contribution in [0.1, 0.15) is 38.4 Å². The number of hydrogen-bond acceptors (Lipinski definition) is 3. The van der Waals surface area contributed by atoms with Crippen LogP contribution in [0.15, 0.2) is 18.2 Å². The van der Waals surface area contributed by atoms with Gasteiger partial charge in [-0.25, -0.2) is 4.39 Å². The molecule has 20 heavy (non-hydrogen) atoms. The summed E-state index contributed by atoms with van der Waals surface area (Å²) in [6.07, 6.45) is 0.865. The third-order valence-electron chi connectivity index (χ3n) is 4.03. The Bertz CT molecular complexity index is 505. The number of halogens is 1. The molecule has 3 N–H and O–H groups in total. The molecule has 1 amide bonds. The highest BCUT2D eigenvalue weighted by atomic mass is 19.1. The average molecular weight is 280 g/mol. The van der Waals surface area contributed by atoms with Crippen LogP contribution in [0.5, 0.6) is 0 Å². The summed E-state index contributed by atoms with van der Waals surface area (Å²) in [5.74, 6) is -0.874. The van der Waals surface area contributed by atoms with Crippen LogP contribution in [-0.2, 0) is 4.79 Å². The first-order valence-corrected chi connectivity index (χ1v) is 6.93. The Balaban J connectivity index is 2.35. The first kappa shape index (κ1) is 14.8. The lowest BCUT2D eigenvalue weighted by Crippen LogP contribution is -2.46. The lowest BCUT2D eigenvalue weighted by atomic mass is 9.91. The molecule has 0 radical (unpaired) electrons. The fourth-order valence-corrected chi connectivity index (χ4v) is 2.80. The lowest BCUT2D eigenvalue weighted by molar-refractivity contribution is -0.122. The molecule has 1 fully saturated rings. The van der Waals surface area contributed by atoms with Crippen LogP contribution in [0.3, 0.4) is 0 Å². The largest absolute Gasteiger partial charge is 0.389 e. The van der Waals surface area contributed by atoms with Crippen molar-refractivity contribution in [3.63, 3.8) is 0 Å². The van der Waals surface area contributed by atoms with Crippen LogP contribution in [0.25, 0.3) is 0 Å². The van der Waals surface area contributed by atoms with Crippen LogP contribution in [0.4, 0.5) is 10.1 Å². The molecule has 2 unspecified atom stereocenters. The van der Waals surface area contributed by atoms with E-state index in [0.29, 0.717) is 12.1 Å². The summed E-state index contributed by atoms with van der Waals surface area (Å²) in [6.45, 7) is 4.19. The minimum Gasteiger partial charge on any atom is -0.389 e. The normalized spacial score (nSPS) is 24.5. The SMILES string of the molecule is CC1CCC(C(N)=O)CN1c1ccc(F)cc1[C@@H](C)O. The van der Waals surface area contributed by atoms with Crippen molar-refractivity contribution >= 4 is 11.6 Å². The zero-order valence-electron chi connectivity index (χ0n) is 11.8. The first-order valence-electron chi connectivity index (χ1n) is 6.93. The molecule has 1 heterocycles. The minimum atomic E-state index is -0.762. The summed E-state index contributed by atoms with van der Waals surface area (Å²) < 4.78 is 13.4. The van der Waals surface area contributed by atoms with Crippen molar-refractivity contribution in [1.82, 2.24) is 0 Å². The molecule has 1 saturated heterocycles. The molecule has 0 spiro atoms. The number of primary amides is 1. The predicted octanol–water partition coefficient (Wildman–Crippen LogP) is 1.97. The highest BCUT2D eigenvalue weighted by molar-refractivity contribution is 5.78. The number of aliphatic hydroxyl groups is 1. The van der Waals surface area contributed by atoms with E-state index in [1.54, 1.807) is 13.0 Å². The van der Waals surface area contributed by atoms with E-state index in [1.165, 1.54) is 12.1 Å². The van der Waals surface area contributed by atoms with E-state index < -0.39 is 6.10 Å². The third kappa shape index (κ3) is 2.93. The van der Waals surface area contributed by atoms with Gasteiger partial charge in [-0.3, -0.25) is 4.79 Å². The Morgan fingerprint density at radius 2 is 2.20 bits per heavy atom. The second-order valence-corrected chi connectivity index (χ2v) is 5.56. The van der Waals surface area contributed by atoms with Crippen LogP contribution < -0.4 is 10.6 Å². The second kappa shape index (κ2) is 5.79. The van der Waals surface area contributed by atoms with Gasteiger partial charge in [0.1, 0.15) is 5.82 Å². The summed E-state index contributed by atoms with van der Waals surface area (Å²) in [5, 5.41) is 9.84. The number of nitrogens with two attached hydrogens (primary N) is 1. The van der Waals surface area contributed by atoms with Gasteiger partial charge in [-0.2, -0.15) is 0 Å². The number of hydrogen-bond donors (Lipinski definition) is 2. The molecular formula is C15H21FN2O2. The molecule has 1 aromatic rings. The maximum Gasteiger partial charge on any atom is 0.222 e. The Kier molecular flexibility index (Phi) is 4.28. The topological polar surface area (TPSA) is 66.6 Å². The van der Waals surface area contributed by atoms with Crippen molar-refractivity contribution in [2.45, 2.75) is 38.8 Å². The number of rotatable bonds is 3. The van der Waals surface area contributed by atoms with Crippen LogP contribution >= 0.6 is 0 Å². The molecule has 2 rings (SSSR count). The number of aliphatic hydroxyl groups excluding tert-OH is 1. The number of amides is 1. The van der Waals surface area contributed by atoms with Gasteiger partial charge in [-0.15, -0.1) is 0 Å². The summed E-state index contributed by atoms with van der Waals surface area (Å²) in [4.78, 5) is 13.4. The predicted molar refractivity (Wildman–Crippen MR) is 75.8 cm³/mol. The molecule has 0 aliphatic carbocycles. The highest BCUT2D eigenvalue weighted by Crippen LogP contribution is 2.33. The molecule has 0 aromatic heterocycles. The highest BCUT2D eigenvalue weighted by Gasteiger charge is 2.30. The van der Waals surface area contributed by atoms with Crippen LogP contribution in [-0.4, -0.2) is 23.6 Å². The zero-order chi connectivity index (χ0) is 14.9. The Hall–Kier alpha value is -1.62. The average Bonchev–Trinajstić information content (AvgIpc) is 2.39. The summed E-state index contributed by atoms with van der Waals surface area (Å²) >= 11 is 0. The van der Waals surface area contributed by atoms with E-state index >= 15 is 0 Å². The Morgan fingerprint density at radius 1 is 1.50 bits per heavy atom. The quantitative estimate of drug-likeness (QED) is 0.889. The van der Waals surface area contributed by atoms with Crippen molar-refractivity contribution < 1.29 is 14.3 Å². The van der Waals surface area contributed by atoms with Crippen molar-refractivity contribution in [2.75, 3.05) is 11.4 Å². The second-order valence-electron chi connectivity index (χ2n) is 5.56. The third-order valence-corrected chi connectivity index (χ3v) is 4.03. The Morgan fingerprint density at radius 3 is 2.80 bits per heavy atom. The fourth-order valence-electron chi connectivity index (χ4n) is 2.80. The molecular weight excluding hydrogens is 259 g/mol. The van der Waals surface area contributed by atoms with E-state index in [4.69, 9.17) is 5.73 Å². The van der Waals surface area contributed by atoms with Crippen molar-refractivity contribution in [3.05, 3.63) is 29.6 Å². The van der Waals surface area contributed by atoms with Gasteiger partial charge in [0.15, 0.2) is 0 Å². The first-order chi connectivity index (χ1) is 9.40. The van der Waals surface area contributed by atoms with Gasteiger partial charge in [0.05, 0.1) is 12.0 Å². The number of carbonyl (C=O) groups is 1. The molecule has 3 atom stereocenters. The molecule has 1 aliphatic heterocycles. The van der Waals surface area contributed by atoms with Crippen LogP contribution in [0, 0.1) is 11.7 Å². The summed E-state index contributed by atoms with van der Waals surface area (Å²) in [5.41, 5.74) is 6.72. The monoisotopic (exact) mass is 280 g/mol. The van der Waals surface area contributed by atoms with E-state index in [9.17, 15) is 14.3 Å². The van der Waals surface area contributed by atoms with Gasteiger partial charge in [0.2, 0.25) is 5.91 Å². The van der Waals surface area contributed by atoms with E-state index in [0.717, 1.165) is 18.5 Å². The van der Waals surface area contributed by atoms with Gasteiger partial charge in [-0.1, -0.05) is 0 Å². The molecule has 4 nitrogen and oxygen atoms in total. The Labute approximate surface area is 118 Å². The van der Waals surface area contributed by atoms with E-state index in [2.05, 4.69) is 6.92 Å². The van der Waals surface area contributed by atoms with Crippen molar-refractivity contribution in [3.8, 4) is 0 Å². The maximum absolute atomic E-state index is 13.4. The number of benzene rings is 1. The van der Waals surface area contributed by atoms with Gasteiger partial charge in [-0.05, 0) is 44.9 Å². The summed E-state index contributed by atoms with van der Waals surface area (Å²) in [6, 6.07) is 4.62. The molecule has 1 aromatic carbocycles. The van der Waals surface area contributed by atoms with Gasteiger partial charge in [0, 0.05) is 23.8 Å². The number of carbonyl (C=O) groups excluding carboxylic acids is 1. The summed E-state index contributed by atoms with van der Waals surface area (Å²) in [7, 11) is 0. The standard InChI is InChI=1S/C15H21FN2O2/c1-9-3-4-11(15(17)20)8-18(9)14-6-5-12(16)7-13(14)10(2)19/h5-7,9-11,19H,3-4,8H2,1-2H3,(H2,17,20)/t9?,10-,11?/m1/s1.